The number of benzene rings is 1. The van der Waals surface area contributed by atoms with E-state index >= 15 is 0 Å². The Morgan fingerprint density at radius 2 is 1.94 bits per heavy atom. The van der Waals surface area contributed by atoms with Crippen molar-refractivity contribution in [3.63, 3.8) is 0 Å². The van der Waals surface area contributed by atoms with Crippen LogP contribution in [0.3, 0.4) is 0 Å². The molecule has 4 nitrogen and oxygen atoms in total. The van der Waals surface area contributed by atoms with E-state index < -0.39 is 23.3 Å². The van der Waals surface area contributed by atoms with Gasteiger partial charge in [0.05, 0.1) is 6.61 Å². The summed E-state index contributed by atoms with van der Waals surface area (Å²) in [6.45, 7) is 1.64. The van der Waals surface area contributed by atoms with Crippen LogP contribution in [0.25, 0.3) is 5.76 Å². The number of halogens is 1. The third kappa shape index (κ3) is 3.71. The maximum absolute atomic E-state index is 12.6. The summed E-state index contributed by atoms with van der Waals surface area (Å²) in [5, 5.41) is 9.51. The van der Waals surface area contributed by atoms with Crippen LogP contribution >= 0.6 is 0 Å². The Morgan fingerprint density at radius 1 is 1.35 bits per heavy atom. The van der Waals surface area contributed by atoms with Gasteiger partial charge in [0.15, 0.2) is 0 Å². The van der Waals surface area contributed by atoms with Gasteiger partial charge in [0.2, 0.25) is 0 Å². The van der Waals surface area contributed by atoms with Crippen molar-refractivity contribution >= 4 is 17.5 Å². The van der Waals surface area contributed by atoms with E-state index in [0.29, 0.717) is 0 Å². The Balaban J connectivity index is 2.82. The van der Waals surface area contributed by atoms with Crippen LogP contribution in [-0.4, -0.2) is 23.5 Å². The van der Waals surface area contributed by atoms with Crippen molar-refractivity contribution in [3.05, 3.63) is 41.7 Å². The maximum Gasteiger partial charge on any atom is 0.379 e. The Kier molecular flexibility index (Phi) is 4.39. The molecular formula is C12H11FO4. The molecule has 0 aromatic heterocycles. The lowest BCUT2D eigenvalue weighted by Crippen LogP contribution is -2.15. The molecule has 0 aliphatic heterocycles. The Hall–Kier alpha value is -2.17. The number of hydrogen-bond acceptors (Lipinski definition) is 4. The summed E-state index contributed by atoms with van der Waals surface area (Å²) < 4.78 is 17.1. The smallest absolute Gasteiger partial charge is 0.379 e. The molecule has 5 heteroatoms. The monoisotopic (exact) mass is 238 g/mol. The fourth-order valence-electron chi connectivity index (χ4n) is 1.09. The van der Waals surface area contributed by atoms with Crippen molar-refractivity contribution in [2.24, 2.45) is 0 Å². The minimum Gasteiger partial charge on any atom is -0.507 e. The molecule has 0 aliphatic rings. The minimum atomic E-state index is -1.04. The summed E-state index contributed by atoms with van der Waals surface area (Å²) in [5.41, 5.74) is 0.240. The molecule has 1 N–H and O–H groups in total. The molecule has 0 spiro atoms. The third-order valence-corrected chi connectivity index (χ3v) is 1.88. The van der Waals surface area contributed by atoms with Gasteiger partial charge in [0.25, 0.3) is 5.78 Å². The number of hydrogen-bond donors (Lipinski definition) is 1. The van der Waals surface area contributed by atoms with Crippen LogP contribution in [0, 0.1) is 5.82 Å². The quantitative estimate of drug-likeness (QED) is 0.376. The lowest BCUT2D eigenvalue weighted by molar-refractivity contribution is -0.151. The van der Waals surface area contributed by atoms with Gasteiger partial charge in [-0.05, 0) is 31.2 Å². The first-order valence-electron chi connectivity index (χ1n) is 4.92. The second-order valence-electron chi connectivity index (χ2n) is 3.12. The number of carbonyl (C=O) groups excluding carboxylic acids is 2. The predicted molar refractivity (Wildman–Crippen MR) is 58.6 cm³/mol. The molecule has 0 unspecified atom stereocenters. The van der Waals surface area contributed by atoms with Crippen LogP contribution in [0.5, 0.6) is 0 Å². The Labute approximate surface area is 97.3 Å². The topological polar surface area (TPSA) is 63.6 Å². The number of rotatable bonds is 4. The first-order chi connectivity index (χ1) is 8.04. The summed E-state index contributed by atoms with van der Waals surface area (Å²) >= 11 is 0. The molecule has 17 heavy (non-hydrogen) atoms. The molecule has 1 aromatic carbocycles. The third-order valence-electron chi connectivity index (χ3n) is 1.88. The molecule has 0 saturated carbocycles. The van der Waals surface area contributed by atoms with Crippen LogP contribution in [-0.2, 0) is 14.3 Å². The molecule has 0 atom stereocenters. The van der Waals surface area contributed by atoms with E-state index in [9.17, 15) is 19.1 Å². The van der Waals surface area contributed by atoms with Gasteiger partial charge in [0, 0.05) is 11.6 Å². The van der Waals surface area contributed by atoms with E-state index in [0.717, 1.165) is 18.2 Å². The summed E-state index contributed by atoms with van der Waals surface area (Å²) in [6, 6.07) is 4.85. The van der Waals surface area contributed by atoms with E-state index in [-0.39, 0.29) is 12.2 Å². The van der Waals surface area contributed by atoms with Crippen LogP contribution in [0.2, 0.25) is 0 Å². The van der Waals surface area contributed by atoms with Crippen molar-refractivity contribution in [2.75, 3.05) is 6.61 Å². The zero-order valence-corrected chi connectivity index (χ0v) is 9.14. The van der Waals surface area contributed by atoms with Gasteiger partial charge in [-0.2, -0.15) is 0 Å². The van der Waals surface area contributed by atoms with Crippen molar-refractivity contribution < 1.29 is 23.8 Å². The standard InChI is InChI=1S/C12H11FO4/c1-2-17-12(16)11(15)7-10(14)8-3-5-9(13)6-4-8/h3-7,14H,2H2,1H3/b10-7-. The normalized spacial score (nSPS) is 11.1. The van der Waals surface area contributed by atoms with Crippen LogP contribution in [0.15, 0.2) is 30.3 Å². The van der Waals surface area contributed by atoms with Crippen LogP contribution in [0.4, 0.5) is 4.39 Å². The molecule has 0 saturated heterocycles. The van der Waals surface area contributed by atoms with Crippen molar-refractivity contribution in [1.82, 2.24) is 0 Å². The SMILES string of the molecule is CCOC(=O)C(=O)/C=C(\O)c1ccc(F)cc1. The largest absolute Gasteiger partial charge is 0.507 e. The van der Waals surface area contributed by atoms with E-state index in [1.54, 1.807) is 6.92 Å². The van der Waals surface area contributed by atoms with Gasteiger partial charge in [0.1, 0.15) is 11.6 Å². The van der Waals surface area contributed by atoms with Crippen molar-refractivity contribution in [1.29, 1.82) is 0 Å². The highest BCUT2D eigenvalue weighted by molar-refractivity contribution is 6.39. The summed E-state index contributed by atoms with van der Waals surface area (Å²) in [4.78, 5) is 22.2. The highest BCUT2D eigenvalue weighted by Crippen LogP contribution is 2.11. The zero-order chi connectivity index (χ0) is 12.8. The summed E-state index contributed by atoms with van der Waals surface area (Å²) in [7, 11) is 0. The highest BCUT2D eigenvalue weighted by atomic mass is 19.1. The van der Waals surface area contributed by atoms with Crippen molar-refractivity contribution in [2.45, 2.75) is 6.92 Å². The molecule has 0 radical (unpaired) electrons. The lowest BCUT2D eigenvalue weighted by Gasteiger charge is -2.00. The van der Waals surface area contributed by atoms with Gasteiger partial charge in [-0.1, -0.05) is 0 Å². The number of esters is 1. The first-order valence-corrected chi connectivity index (χ1v) is 4.92. The maximum atomic E-state index is 12.6. The average Bonchev–Trinajstić information content (AvgIpc) is 2.30. The van der Waals surface area contributed by atoms with Crippen LogP contribution in [0.1, 0.15) is 12.5 Å². The highest BCUT2D eigenvalue weighted by Gasteiger charge is 2.13. The Bertz CT molecular complexity index is 448. The number of aliphatic hydroxyl groups is 1. The van der Waals surface area contributed by atoms with Gasteiger partial charge >= 0.3 is 5.97 Å². The second kappa shape index (κ2) is 5.79. The lowest BCUT2D eigenvalue weighted by atomic mass is 10.1. The Morgan fingerprint density at radius 3 is 2.47 bits per heavy atom. The molecular weight excluding hydrogens is 227 g/mol. The van der Waals surface area contributed by atoms with Crippen molar-refractivity contribution in [3.8, 4) is 0 Å². The second-order valence-corrected chi connectivity index (χ2v) is 3.12. The molecule has 0 bridgehead atoms. The number of ether oxygens (including phenoxy) is 1. The molecule has 1 aromatic rings. The van der Waals surface area contributed by atoms with E-state index in [4.69, 9.17) is 0 Å². The number of carbonyl (C=O) groups is 2. The number of aliphatic hydroxyl groups excluding tert-OH is 1. The molecule has 0 aliphatic carbocycles. The average molecular weight is 238 g/mol. The molecule has 0 amide bonds. The number of ketones is 1. The predicted octanol–water partition coefficient (Wildman–Crippen LogP) is 1.86. The van der Waals surface area contributed by atoms with E-state index in [1.165, 1.54) is 12.1 Å². The molecule has 0 heterocycles. The van der Waals surface area contributed by atoms with Crippen LogP contribution < -0.4 is 0 Å². The van der Waals surface area contributed by atoms with Gasteiger partial charge in [-0.3, -0.25) is 4.79 Å². The zero-order valence-electron chi connectivity index (χ0n) is 9.14. The fraction of sp³-hybridized carbons (Fsp3) is 0.167. The van der Waals surface area contributed by atoms with E-state index in [1.807, 2.05) is 0 Å². The molecule has 1 rings (SSSR count). The molecule has 0 fully saturated rings. The van der Waals surface area contributed by atoms with Gasteiger partial charge in [-0.15, -0.1) is 0 Å². The first kappa shape index (κ1) is 12.9. The van der Waals surface area contributed by atoms with Gasteiger partial charge < -0.3 is 9.84 Å². The van der Waals surface area contributed by atoms with E-state index in [2.05, 4.69) is 4.74 Å². The molecule has 90 valence electrons. The summed E-state index contributed by atoms with van der Waals surface area (Å²) in [6.07, 6.45) is 0.741. The van der Waals surface area contributed by atoms with Gasteiger partial charge in [-0.25, -0.2) is 9.18 Å². The summed E-state index contributed by atoms with van der Waals surface area (Å²) in [5.74, 6) is -2.88. The minimum absolute atomic E-state index is 0.0791. The fourth-order valence-corrected chi connectivity index (χ4v) is 1.09.